The normalized spacial score (nSPS) is 10.7. The minimum absolute atomic E-state index is 0.0688. The van der Waals surface area contributed by atoms with Gasteiger partial charge in [0.05, 0.1) is 6.10 Å². The van der Waals surface area contributed by atoms with Gasteiger partial charge in [-0.1, -0.05) is 18.2 Å². The first-order valence-corrected chi connectivity index (χ1v) is 5.23. The minimum Gasteiger partial charge on any atom is -0.371 e. The van der Waals surface area contributed by atoms with Gasteiger partial charge in [0.1, 0.15) is 6.61 Å². The summed E-state index contributed by atoms with van der Waals surface area (Å²) in [5.74, 6) is 0.0688. The highest BCUT2D eigenvalue weighted by molar-refractivity contribution is 5.99. The summed E-state index contributed by atoms with van der Waals surface area (Å²) in [6, 6.07) is 5.87. The molecule has 0 aliphatic carbocycles. The van der Waals surface area contributed by atoms with E-state index in [1.807, 2.05) is 45.9 Å². The van der Waals surface area contributed by atoms with Crippen molar-refractivity contribution in [3.05, 3.63) is 34.9 Å². The zero-order valence-electron chi connectivity index (χ0n) is 9.83. The molecule has 0 amide bonds. The van der Waals surface area contributed by atoms with E-state index in [0.717, 1.165) is 16.7 Å². The van der Waals surface area contributed by atoms with E-state index in [2.05, 4.69) is 0 Å². The molecule has 2 nitrogen and oxygen atoms in total. The number of carbonyl (C=O) groups is 1. The SMILES string of the molecule is Cc1cccc(C)c1C(=O)COC(C)C. The van der Waals surface area contributed by atoms with Crippen molar-refractivity contribution in [1.82, 2.24) is 0 Å². The largest absolute Gasteiger partial charge is 0.371 e. The lowest BCUT2D eigenvalue weighted by atomic mass is 10.00. The Balaban J connectivity index is 2.82. The van der Waals surface area contributed by atoms with Gasteiger partial charge < -0.3 is 4.74 Å². The second-order valence-corrected chi connectivity index (χ2v) is 4.05. The van der Waals surface area contributed by atoms with Gasteiger partial charge in [0, 0.05) is 5.56 Å². The van der Waals surface area contributed by atoms with Crippen LogP contribution in [0.5, 0.6) is 0 Å². The smallest absolute Gasteiger partial charge is 0.189 e. The first-order valence-electron chi connectivity index (χ1n) is 5.23. The molecular weight excluding hydrogens is 188 g/mol. The first-order chi connectivity index (χ1) is 7.02. The van der Waals surface area contributed by atoms with Crippen LogP contribution in [0.2, 0.25) is 0 Å². The predicted octanol–water partition coefficient (Wildman–Crippen LogP) is 2.91. The van der Waals surface area contributed by atoms with Crippen LogP contribution in [0, 0.1) is 13.8 Å². The highest BCUT2D eigenvalue weighted by Crippen LogP contribution is 2.14. The molecule has 2 heteroatoms. The zero-order valence-corrected chi connectivity index (χ0v) is 9.83. The second-order valence-electron chi connectivity index (χ2n) is 4.05. The molecular formula is C13H18O2. The molecule has 0 saturated heterocycles. The number of hydrogen-bond acceptors (Lipinski definition) is 2. The lowest BCUT2D eigenvalue weighted by Gasteiger charge is -2.10. The highest BCUT2D eigenvalue weighted by Gasteiger charge is 2.12. The van der Waals surface area contributed by atoms with Crippen molar-refractivity contribution >= 4 is 5.78 Å². The van der Waals surface area contributed by atoms with E-state index in [1.54, 1.807) is 0 Å². The van der Waals surface area contributed by atoms with Crippen molar-refractivity contribution in [2.45, 2.75) is 33.8 Å². The Hall–Kier alpha value is -1.15. The van der Waals surface area contributed by atoms with Gasteiger partial charge in [-0.2, -0.15) is 0 Å². The number of aryl methyl sites for hydroxylation is 2. The number of hydrogen-bond donors (Lipinski definition) is 0. The van der Waals surface area contributed by atoms with Gasteiger partial charge in [0.2, 0.25) is 0 Å². The summed E-state index contributed by atoms with van der Waals surface area (Å²) in [6.07, 6.45) is 0.0956. The summed E-state index contributed by atoms with van der Waals surface area (Å²) in [4.78, 5) is 11.9. The molecule has 82 valence electrons. The van der Waals surface area contributed by atoms with E-state index in [9.17, 15) is 4.79 Å². The monoisotopic (exact) mass is 206 g/mol. The van der Waals surface area contributed by atoms with E-state index < -0.39 is 0 Å². The van der Waals surface area contributed by atoms with Crippen LogP contribution in [-0.2, 0) is 4.74 Å². The quantitative estimate of drug-likeness (QED) is 0.708. The number of carbonyl (C=O) groups excluding carboxylic acids is 1. The van der Waals surface area contributed by atoms with Gasteiger partial charge in [-0.15, -0.1) is 0 Å². The van der Waals surface area contributed by atoms with Crippen LogP contribution in [0.1, 0.15) is 35.3 Å². The van der Waals surface area contributed by atoms with E-state index in [0.29, 0.717) is 0 Å². The van der Waals surface area contributed by atoms with Crippen molar-refractivity contribution < 1.29 is 9.53 Å². The summed E-state index contributed by atoms with van der Waals surface area (Å²) in [6.45, 7) is 7.94. The Kier molecular flexibility index (Phi) is 4.04. The van der Waals surface area contributed by atoms with Crippen LogP contribution in [0.15, 0.2) is 18.2 Å². The molecule has 0 radical (unpaired) electrons. The molecule has 15 heavy (non-hydrogen) atoms. The standard InChI is InChI=1S/C13H18O2/c1-9(2)15-8-12(14)13-10(3)6-5-7-11(13)4/h5-7,9H,8H2,1-4H3. The summed E-state index contributed by atoms with van der Waals surface area (Å²) < 4.78 is 5.32. The summed E-state index contributed by atoms with van der Waals surface area (Å²) in [5, 5.41) is 0. The minimum atomic E-state index is 0.0688. The van der Waals surface area contributed by atoms with Crippen LogP contribution < -0.4 is 0 Å². The van der Waals surface area contributed by atoms with Crippen molar-refractivity contribution in [2.24, 2.45) is 0 Å². The molecule has 0 fully saturated rings. The Labute approximate surface area is 91.3 Å². The molecule has 1 rings (SSSR count). The van der Waals surface area contributed by atoms with E-state index in [1.165, 1.54) is 0 Å². The molecule has 0 aliphatic heterocycles. The molecule has 0 spiro atoms. The first kappa shape index (κ1) is 11.9. The molecule has 0 aliphatic rings. The van der Waals surface area contributed by atoms with Gasteiger partial charge in [-0.05, 0) is 38.8 Å². The molecule has 0 atom stereocenters. The fraction of sp³-hybridized carbons (Fsp3) is 0.462. The number of benzene rings is 1. The Morgan fingerprint density at radius 2 is 1.80 bits per heavy atom. The van der Waals surface area contributed by atoms with Crippen LogP contribution in [0.25, 0.3) is 0 Å². The lowest BCUT2D eigenvalue weighted by molar-refractivity contribution is 0.0583. The maximum atomic E-state index is 11.9. The predicted molar refractivity (Wildman–Crippen MR) is 61.3 cm³/mol. The third-order valence-corrected chi connectivity index (χ3v) is 2.31. The topological polar surface area (TPSA) is 26.3 Å². The maximum Gasteiger partial charge on any atom is 0.189 e. The zero-order chi connectivity index (χ0) is 11.4. The molecule has 0 bridgehead atoms. The Morgan fingerprint density at radius 1 is 1.27 bits per heavy atom. The molecule has 1 aromatic rings. The molecule has 0 saturated carbocycles. The average molecular weight is 206 g/mol. The van der Waals surface area contributed by atoms with E-state index in [4.69, 9.17) is 4.74 Å². The Bertz CT molecular complexity index is 333. The van der Waals surface area contributed by atoms with Gasteiger partial charge in [-0.3, -0.25) is 4.79 Å². The van der Waals surface area contributed by atoms with Crippen LogP contribution in [0.3, 0.4) is 0 Å². The van der Waals surface area contributed by atoms with Gasteiger partial charge >= 0.3 is 0 Å². The third-order valence-electron chi connectivity index (χ3n) is 2.31. The molecule has 0 heterocycles. The van der Waals surface area contributed by atoms with Gasteiger partial charge in [0.15, 0.2) is 5.78 Å². The average Bonchev–Trinajstić information content (AvgIpc) is 2.14. The molecule has 0 aromatic heterocycles. The van der Waals surface area contributed by atoms with Crippen LogP contribution in [-0.4, -0.2) is 18.5 Å². The van der Waals surface area contributed by atoms with Crippen LogP contribution in [0.4, 0.5) is 0 Å². The third kappa shape index (κ3) is 3.17. The molecule has 0 N–H and O–H groups in total. The fourth-order valence-electron chi connectivity index (χ4n) is 1.57. The van der Waals surface area contributed by atoms with Gasteiger partial charge in [-0.25, -0.2) is 0 Å². The summed E-state index contributed by atoms with van der Waals surface area (Å²) >= 11 is 0. The van der Waals surface area contributed by atoms with Crippen molar-refractivity contribution in [1.29, 1.82) is 0 Å². The van der Waals surface area contributed by atoms with Crippen LogP contribution >= 0.6 is 0 Å². The second kappa shape index (κ2) is 5.08. The Morgan fingerprint density at radius 3 is 2.27 bits per heavy atom. The number of ether oxygens (including phenoxy) is 1. The van der Waals surface area contributed by atoms with E-state index >= 15 is 0 Å². The van der Waals surface area contributed by atoms with Gasteiger partial charge in [0.25, 0.3) is 0 Å². The van der Waals surface area contributed by atoms with Crippen molar-refractivity contribution in [3.63, 3.8) is 0 Å². The molecule has 0 unspecified atom stereocenters. The van der Waals surface area contributed by atoms with E-state index in [-0.39, 0.29) is 18.5 Å². The number of Topliss-reactive ketones (excluding diaryl/α,β-unsaturated/α-hetero) is 1. The lowest BCUT2D eigenvalue weighted by Crippen LogP contribution is -2.15. The fourth-order valence-corrected chi connectivity index (χ4v) is 1.57. The number of ketones is 1. The van der Waals surface area contributed by atoms with Crippen molar-refractivity contribution in [2.75, 3.05) is 6.61 Å². The maximum absolute atomic E-state index is 11.9. The van der Waals surface area contributed by atoms with Crippen molar-refractivity contribution in [3.8, 4) is 0 Å². The summed E-state index contributed by atoms with van der Waals surface area (Å²) in [5.41, 5.74) is 2.85. The molecule has 1 aromatic carbocycles. The summed E-state index contributed by atoms with van der Waals surface area (Å²) in [7, 11) is 0. The number of rotatable bonds is 4. The highest BCUT2D eigenvalue weighted by atomic mass is 16.5.